The first-order chi connectivity index (χ1) is 9.60. The van der Waals surface area contributed by atoms with Crippen molar-refractivity contribution in [2.24, 2.45) is 0 Å². The third kappa shape index (κ3) is 3.58. The Hall–Kier alpha value is -1.86. The number of aromatic nitrogens is 1. The Morgan fingerprint density at radius 3 is 3.00 bits per heavy atom. The SMILES string of the molecule is C=CCNC(=S)NNc1cc(=O)[nH]c2ccc(Br)cc12. The number of hydrazine groups is 1. The lowest BCUT2D eigenvalue weighted by molar-refractivity contribution is 0.979. The van der Waals surface area contributed by atoms with Crippen LogP contribution in [0.2, 0.25) is 0 Å². The number of pyridine rings is 1. The van der Waals surface area contributed by atoms with Gasteiger partial charge in [-0.05, 0) is 30.4 Å². The van der Waals surface area contributed by atoms with Crippen molar-refractivity contribution in [1.82, 2.24) is 15.7 Å². The molecule has 0 aliphatic heterocycles. The third-order valence-corrected chi connectivity index (χ3v) is 3.26. The monoisotopic (exact) mass is 352 g/mol. The molecule has 1 heterocycles. The van der Waals surface area contributed by atoms with Gasteiger partial charge in [0.25, 0.3) is 5.56 Å². The van der Waals surface area contributed by atoms with Crippen LogP contribution in [0.3, 0.4) is 0 Å². The van der Waals surface area contributed by atoms with Gasteiger partial charge in [-0.1, -0.05) is 22.0 Å². The average Bonchev–Trinajstić information content (AvgIpc) is 2.43. The van der Waals surface area contributed by atoms with E-state index in [1.54, 1.807) is 6.08 Å². The van der Waals surface area contributed by atoms with Crippen LogP contribution in [0.15, 0.2) is 46.2 Å². The molecule has 2 rings (SSSR count). The number of benzene rings is 1. The van der Waals surface area contributed by atoms with Gasteiger partial charge < -0.3 is 10.3 Å². The second kappa shape index (κ2) is 6.53. The van der Waals surface area contributed by atoms with Gasteiger partial charge in [0.15, 0.2) is 5.11 Å². The third-order valence-electron chi connectivity index (χ3n) is 2.52. The summed E-state index contributed by atoms with van der Waals surface area (Å²) in [6.45, 7) is 4.16. The van der Waals surface area contributed by atoms with Crippen molar-refractivity contribution < 1.29 is 0 Å². The summed E-state index contributed by atoms with van der Waals surface area (Å²) in [5.74, 6) is 0. The fourth-order valence-corrected chi connectivity index (χ4v) is 2.16. The predicted octanol–water partition coefficient (Wildman–Crippen LogP) is 2.27. The van der Waals surface area contributed by atoms with Crippen molar-refractivity contribution in [1.29, 1.82) is 0 Å². The summed E-state index contributed by atoms with van der Waals surface area (Å²) in [5.41, 5.74) is 6.97. The fraction of sp³-hybridized carbons (Fsp3) is 0.0769. The molecule has 0 unspecified atom stereocenters. The van der Waals surface area contributed by atoms with Gasteiger partial charge in [-0.15, -0.1) is 6.58 Å². The van der Waals surface area contributed by atoms with Crippen molar-refractivity contribution >= 4 is 49.9 Å². The minimum absolute atomic E-state index is 0.186. The number of thiocarbonyl (C=S) groups is 1. The highest BCUT2D eigenvalue weighted by Gasteiger charge is 2.04. The largest absolute Gasteiger partial charge is 0.358 e. The van der Waals surface area contributed by atoms with Crippen LogP contribution in [0.4, 0.5) is 5.69 Å². The quantitative estimate of drug-likeness (QED) is 0.386. The van der Waals surface area contributed by atoms with E-state index in [1.165, 1.54) is 6.07 Å². The summed E-state index contributed by atoms with van der Waals surface area (Å²) in [7, 11) is 0. The van der Waals surface area contributed by atoms with Crippen LogP contribution in [0.5, 0.6) is 0 Å². The molecule has 0 saturated heterocycles. The van der Waals surface area contributed by atoms with Gasteiger partial charge >= 0.3 is 0 Å². The first-order valence-electron chi connectivity index (χ1n) is 5.83. The molecule has 0 atom stereocenters. The van der Waals surface area contributed by atoms with Gasteiger partial charge in [0.05, 0.1) is 11.2 Å². The lowest BCUT2D eigenvalue weighted by Crippen LogP contribution is -2.39. The highest BCUT2D eigenvalue weighted by atomic mass is 79.9. The highest BCUT2D eigenvalue weighted by molar-refractivity contribution is 9.10. The van der Waals surface area contributed by atoms with Gasteiger partial charge in [-0.2, -0.15) is 0 Å². The molecular weight excluding hydrogens is 340 g/mol. The second-order valence-electron chi connectivity index (χ2n) is 3.99. The maximum absolute atomic E-state index is 11.6. The van der Waals surface area contributed by atoms with Gasteiger partial charge in [-0.3, -0.25) is 15.6 Å². The van der Waals surface area contributed by atoms with Crippen LogP contribution >= 0.6 is 28.1 Å². The Morgan fingerprint density at radius 1 is 1.45 bits per heavy atom. The van der Waals surface area contributed by atoms with Gasteiger partial charge in [-0.25, -0.2) is 0 Å². The number of rotatable bonds is 4. The minimum Gasteiger partial charge on any atom is -0.358 e. The molecule has 1 aromatic carbocycles. The molecule has 0 aliphatic rings. The number of hydrogen-bond acceptors (Lipinski definition) is 3. The second-order valence-corrected chi connectivity index (χ2v) is 5.31. The molecule has 1 aromatic heterocycles. The van der Waals surface area contributed by atoms with E-state index in [4.69, 9.17) is 12.2 Å². The summed E-state index contributed by atoms with van der Waals surface area (Å²) >= 11 is 8.48. The van der Waals surface area contributed by atoms with Gasteiger partial charge in [0.1, 0.15) is 0 Å². The minimum atomic E-state index is -0.186. The van der Waals surface area contributed by atoms with E-state index in [9.17, 15) is 4.79 Å². The number of halogens is 1. The summed E-state index contributed by atoms with van der Waals surface area (Å²) in [6, 6.07) is 7.08. The van der Waals surface area contributed by atoms with Crippen molar-refractivity contribution in [3.63, 3.8) is 0 Å². The summed E-state index contributed by atoms with van der Waals surface area (Å²) < 4.78 is 0.924. The van der Waals surface area contributed by atoms with Crippen molar-refractivity contribution in [3.8, 4) is 0 Å². The van der Waals surface area contributed by atoms with Crippen molar-refractivity contribution in [2.75, 3.05) is 12.0 Å². The van der Waals surface area contributed by atoms with Crippen LogP contribution < -0.4 is 21.7 Å². The Balaban J connectivity index is 2.24. The zero-order valence-corrected chi connectivity index (χ0v) is 12.9. The summed E-state index contributed by atoms with van der Waals surface area (Å²) in [6.07, 6.45) is 1.70. The van der Waals surface area contributed by atoms with Crippen LogP contribution in [-0.4, -0.2) is 16.6 Å². The molecule has 104 valence electrons. The number of aromatic amines is 1. The van der Waals surface area contributed by atoms with E-state index in [-0.39, 0.29) is 5.56 Å². The number of nitrogens with one attached hydrogen (secondary N) is 4. The zero-order valence-electron chi connectivity index (χ0n) is 10.5. The molecule has 5 nitrogen and oxygen atoms in total. The molecule has 20 heavy (non-hydrogen) atoms. The van der Waals surface area contributed by atoms with Crippen molar-refractivity contribution in [3.05, 3.63) is 51.7 Å². The first-order valence-corrected chi connectivity index (χ1v) is 7.03. The van der Waals surface area contributed by atoms with E-state index >= 15 is 0 Å². The number of H-pyrrole nitrogens is 1. The highest BCUT2D eigenvalue weighted by Crippen LogP contribution is 2.23. The van der Waals surface area contributed by atoms with Crippen LogP contribution in [0.1, 0.15) is 0 Å². The van der Waals surface area contributed by atoms with E-state index in [0.29, 0.717) is 17.3 Å². The van der Waals surface area contributed by atoms with Crippen LogP contribution in [0.25, 0.3) is 10.9 Å². The fourth-order valence-electron chi connectivity index (χ4n) is 1.66. The van der Waals surface area contributed by atoms with E-state index < -0.39 is 0 Å². The van der Waals surface area contributed by atoms with E-state index in [2.05, 4.69) is 43.7 Å². The molecule has 7 heteroatoms. The summed E-state index contributed by atoms with van der Waals surface area (Å²) in [5, 5.41) is 4.22. The maximum atomic E-state index is 11.6. The Bertz CT molecular complexity index is 713. The average molecular weight is 353 g/mol. The molecule has 0 fully saturated rings. The topological polar surface area (TPSA) is 68.9 Å². The van der Waals surface area contributed by atoms with Crippen LogP contribution in [-0.2, 0) is 0 Å². The molecule has 4 N–H and O–H groups in total. The number of anilines is 1. The van der Waals surface area contributed by atoms with Crippen LogP contribution in [0, 0.1) is 0 Å². The summed E-state index contributed by atoms with van der Waals surface area (Å²) in [4.78, 5) is 14.4. The van der Waals surface area contributed by atoms with E-state index in [0.717, 1.165) is 15.4 Å². The number of hydrogen-bond donors (Lipinski definition) is 4. The standard InChI is InChI=1S/C13H13BrN4OS/c1-2-5-15-13(20)18-17-11-7-12(19)16-10-4-3-8(14)6-9(10)11/h2-4,6-7H,1,5H2,(H2,15,18,20)(H2,16,17,19). The Labute approximate surface area is 129 Å². The molecule has 0 aliphatic carbocycles. The Morgan fingerprint density at radius 2 is 2.25 bits per heavy atom. The van der Waals surface area contributed by atoms with Crippen molar-refractivity contribution in [2.45, 2.75) is 0 Å². The first kappa shape index (κ1) is 14.5. The van der Waals surface area contributed by atoms with E-state index in [1.807, 2.05) is 18.2 Å². The lowest BCUT2D eigenvalue weighted by Gasteiger charge is -2.13. The molecule has 0 radical (unpaired) electrons. The Kier molecular flexibility index (Phi) is 4.75. The number of fused-ring (bicyclic) bond motifs is 1. The lowest BCUT2D eigenvalue weighted by atomic mass is 10.2. The zero-order chi connectivity index (χ0) is 14.5. The maximum Gasteiger partial charge on any atom is 0.250 e. The molecule has 2 aromatic rings. The molecular formula is C13H13BrN4OS. The molecule has 0 amide bonds. The van der Waals surface area contributed by atoms with Gasteiger partial charge in [0, 0.05) is 22.5 Å². The normalized spacial score (nSPS) is 10.1. The molecule has 0 spiro atoms. The predicted molar refractivity (Wildman–Crippen MR) is 89.8 cm³/mol. The van der Waals surface area contributed by atoms with Gasteiger partial charge in [0.2, 0.25) is 0 Å². The molecule has 0 saturated carbocycles. The smallest absolute Gasteiger partial charge is 0.250 e. The molecule has 0 bridgehead atoms.